The van der Waals surface area contributed by atoms with Gasteiger partial charge in [-0.25, -0.2) is 0 Å². The van der Waals surface area contributed by atoms with Gasteiger partial charge in [-0.2, -0.15) is 0 Å². The molecule has 28 heavy (non-hydrogen) atoms. The lowest BCUT2D eigenvalue weighted by Gasteiger charge is -2.47. The Kier molecular flexibility index (Phi) is 4.21. The van der Waals surface area contributed by atoms with Crippen LogP contribution in [0.3, 0.4) is 0 Å². The number of anilines is 1. The van der Waals surface area contributed by atoms with Crippen LogP contribution in [0, 0.1) is 16.0 Å². The number of non-ortho nitro benzene ring substituents is 1. The van der Waals surface area contributed by atoms with E-state index >= 15 is 0 Å². The lowest BCUT2D eigenvalue weighted by Crippen LogP contribution is -2.59. The molecule has 0 bridgehead atoms. The van der Waals surface area contributed by atoms with E-state index in [1.165, 1.54) is 17.3 Å². The molecule has 1 unspecified atom stereocenters. The molecule has 4 rings (SSSR count). The van der Waals surface area contributed by atoms with E-state index in [0.717, 1.165) is 18.5 Å². The Morgan fingerprint density at radius 2 is 1.93 bits per heavy atom. The molecule has 0 N–H and O–H groups in total. The van der Waals surface area contributed by atoms with Gasteiger partial charge in [0.2, 0.25) is 5.72 Å². The van der Waals surface area contributed by atoms with Crippen molar-refractivity contribution in [3.8, 4) is 5.75 Å². The first kappa shape index (κ1) is 18.5. The molecule has 2 heterocycles. The zero-order chi connectivity index (χ0) is 20.1. The van der Waals surface area contributed by atoms with Gasteiger partial charge in [0.15, 0.2) is 0 Å². The fourth-order valence-corrected chi connectivity index (χ4v) is 4.38. The largest absolute Gasteiger partial charge is 0.463 e. The lowest BCUT2D eigenvalue weighted by molar-refractivity contribution is -0.384. The molecule has 0 saturated heterocycles. The molecule has 2 aromatic carbocycles. The van der Waals surface area contributed by atoms with Gasteiger partial charge in [0, 0.05) is 29.9 Å². The molecule has 1 spiro atoms. The summed E-state index contributed by atoms with van der Waals surface area (Å²) >= 11 is 0. The summed E-state index contributed by atoms with van der Waals surface area (Å²) in [5, 5.41) is 11.1. The van der Waals surface area contributed by atoms with Gasteiger partial charge in [0.1, 0.15) is 5.75 Å². The summed E-state index contributed by atoms with van der Waals surface area (Å²) in [4.78, 5) is 13.1. The fraction of sp³-hybridized carbons (Fsp3) is 0.391. The number of hydrogen-bond acceptors (Lipinski definition) is 4. The van der Waals surface area contributed by atoms with E-state index in [9.17, 15) is 10.1 Å². The Morgan fingerprint density at radius 3 is 2.64 bits per heavy atom. The van der Waals surface area contributed by atoms with Crippen LogP contribution in [-0.4, -0.2) is 17.2 Å². The van der Waals surface area contributed by atoms with Crippen LogP contribution in [0.1, 0.15) is 45.2 Å². The monoisotopic (exact) mass is 378 g/mol. The van der Waals surface area contributed by atoms with Crippen LogP contribution in [0.2, 0.25) is 0 Å². The lowest BCUT2D eigenvalue weighted by atomic mass is 9.76. The summed E-state index contributed by atoms with van der Waals surface area (Å²) in [6, 6.07) is 13.3. The van der Waals surface area contributed by atoms with Crippen LogP contribution >= 0.6 is 0 Å². The summed E-state index contributed by atoms with van der Waals surface area (Å²) < 4.78 is 6.67. The summed E-state index contributed by atoms with van der Waals surface area (Å²) in [5.41, 5.74) is 2.34. The molecule has 5 nitrogen and oxygen atoms in total. The van der Waals surface area contributed by atoms with Gasteiger partial charge in [0.05, 0.1) is 10.3 Å². The number of nitro benzene ring substituents is 1. The Labute approximate surface area is 165 Å². The second kappa shape index (κ2) is 6.36. The number of ether oxygens (including phenoxy) is 1. The van der Waals surface area contributed by atoms with E-state index in [1.54, 1.807) is 12.1 Å². The first-order chi connectivity index (χ1) is 13.3. The van der Waals surface area contributed by atoms with Crippen LogP contribution in [0.15, 0.2) is 48.5 Å². The van der Waals surface area contributed by atoms with Gasteiger partial charge < -0.3 is 9.64 Å². The highest BCUT2D eigenvalue weighted by Crippen LogP contribution is 2.55. The maximum absolute atomic E-state index is 11.1. The maximum atomic E-state index is 11.1. The number of benzene rings is 2. The maximum Gasteiger partial charge on any atom is 0.270 e. The SMILES string of the molecule is CC(C)CCN1c2ccccc2C(C)(C)C12C=Cc1cc([N+](=O)[O-])ccc1O2. The molecule has 0 amide bonds. The zero-order valence-corrected chi connectivity index (χ0v) is 16.8. The molecule has 146 valence electrons. The van der Waals surface area contributed by atoms with Crippen molar-refractivity contribution in [2.75, 3.05) is 11.4 Å². The van der Waals surface area contributed by atoms with Crippen molar-refractivity contribution in [2.24, 2.45) is 5.92 Å². The third kappa shape index (κ3) is 2.60. The number of para-hydroxylation sites is 1. The van der Waals surface area contributed by atoms with Gasteiger partial charge >= 0.3 is 0 Å². The number of nitrogens with zero attached hydrogens (tertiary/aromatic N) is 2. The molecule has 2 aliphatic rings. The standard InChI is InChI=1S/C23H26N2O3/c1-16(2)12-14-24-20-8-6-5-7-19(20)22(3,4)23(24)13-11-17-15-18(25(26)27)9-10-21(17)28-23/h5-11,13,15-16H,12,14H2,1-4H3. The van der Waals surface area contributed by atoms with Crippen molar-refractivity contribution < 1.29 is 9.66 Å². The highest BCUT2D eigenvalue weighted by Gasteiger charge is 2.58. The van der Waals surface area contributed by atoms with Gasteiger partial charge in [-0.15, -0.1) is 0 Å². The molecular weight excluding hydrogens is 352 g/mol. The van der Waals surface area contributed by atoms with Crippen molar-refractivity contribution in [3.63, 3.8) is 0 Å². The van der Waals surface area contributed by atoms with E-state index in [2.05, 4.69) is 62.9 Å². The van der Waals surface area contributed by atoms with Crippen molar-refractivity contribution in [2.45, 2.75) is 45.3 Å². The van der Waals surface area contributed by atoms with Gasteiger partial charge in [-0.05, 0) is 56.0 Å². The Balaban J connectivity index is 1.82. The normalized spacial score (nSPS) is 21.5. The number of nitro groups is 1. The fourth-order valence-electron chi connectivity index (χ4n) is 4.38. The molecule has 2 aliphatic heterocycles. The van der Waals surface area contributed by atoms with Crippen molar-refractivity contribution in [3.05, 3.63) is 69.8 Å². The minimum atomic E-state index is -0.658. The van der Waals surface area contributed by atoms with Gasteiger partial charge in [0.25, 0.3) is 5.69 Å². The topological polar surface area (TPSA) is 55.6 Å². The Bertz CT molecular complexity index is 964. The first-order valence-electron chi connectivity index (χ1n) is 9.80. The highest BCUT2D eigenvalue weighted by molar-refractivity contribution is 5.73. The van der Waals surface area contributed by atoms with Crippen LogP contribution in [0.25, 0.3) is 6.08 Å². The second-order valence-electron chi connectivity index (χ2n) is 8.59. The second-order valence-corrected chi connectivity index (χ2v) is 8.59. The van der Waals surface area contributed by atoms with Crippen LogP contribution < -0.4 is 9.64 Å². The third-order valence-corrected chi connectivity index (χ3v) is 6.05. The minimum Gasteiger partial charge on any atom is -0.463 e. The minimum absolute atomic E-state index is 0.0774. The van der Waals surface area contributed by atoms with Crippen LogP contribution in [0.5, 0.6) is 5.75 Å². The third-order valence-electron chi connectivity index (χ3n) is 6.05. The molecule has 0 aromatic heterocycles. The van der Waals surface area contributed by atoms with E-state index in [4.69, 9.17) is 4.74 Å². The molecule has 2 aromatic rings. The van der Waals surface area contributed by atoms with Crippen molar-refractivity contribution >= 4 is 17.5 Å². The molecule has 0 fully saturated rings. The highest BCUT2D eigenvalue weighted by atomic mass is 16.6. The molecule has 0 radical (unpaired) electrons. The number of fused-ring (bicyclic) bond motifs is 2. The summed E-state index contributed by atoms with van der Waals surface area (Å²) in [6.07, 6.45) is 5.11. The Morgan fingerprint density at radius 1 is 1.18 bits per heavy atom. The quantitative estimate of drug-likeness (QED) is 0.518. The van der Waals surface area contributed by atoms with Gasteiger partial charge in [-0.3, -0.25) is 10.1 Å². The average Bonchev–Trinajstić information content (AvgIpc) is 2.84. The van der Waals surface area contributed by atoms with Crippen molar-refractivity contribution in [1.29, 1.82) is 0 Å². The number of hydrogen-bond donors (Lipinski definition) is 0. The summed E-state index contributed by atoms with van der Waals surface area (Å²) in [5.74, 6) is 1.26. The van der Waals surface area contributed by atoms with Crippen LogP contribution in [-0.2, 0) is 5.41 Å². The molecule has 0 saturated carbocycles. The van der Waals surface area contributed by atoms with Crippen LogP contribution in [0.4, 0.5) is 11.4 Å². The number of rotatable bonds is 4. The smallest absolute Gasteiger partial charge is 0.270 e. The first-order valence-corrected chi connectivity index (χ1v) is 9.80. The zero-order valence-electron chi connectivity index (χ0n) is 16.8. The predicted molar refractivity (Wildman–Crippen MR) is 112 cm³/mol. The van der Waals surface area contributed by atoms with E-state index < -0.39 is 5.72 Å². The molecular formula is C23H26N2O3. The van der Waals surface area contributed by atoms with E-state index in [1.807, 2.05) is 6.08 Å². The summed E-state index contributed by atoms with van der Waals surface area (Å²) in [7, 11) is 0. The Hall–Kier alpha value is -2.82. The average molecular weight is 378 g/mol. The van der Waals surface area contributed by atoms with E-state index in [-0.39, 0.29) is 16.0 Å². The van der Waals surface area contributed by atoms with Gasteiger partial charge in [-0.1, -0.05) is 32.0 Å². The summed E-state index contributed by atoms with van der Waals surface area (Å²) in [6.45, 7) is 9.76. The molecule has 1 atom stereocenters. The van der Waals surface area contributed by atoms with Crippen molar-refractivity contribution in [1.82, 2.24) is 0 Å². The molecule has 5 heteroatoms. The predicted octanol–water partition coefficient (Wildman–Crippen LogP) is 5.54. The van der Waals surface area contributed by atoms with E-state index in [0.29, 0.717) is 11.7 Å². The molecule has 0 aliphatic carbocycles.